The largest absolute Gasteiger partial charge is 0.486 e. The summed E-state index contributed by atoms with van der Waals surface area (Å²) in [5.74, 6) is 2.30. The molecule has 0 spiro atoms. The molecule has 0 unspecified atom stereocenters. The van der Waals surface area contributed by atoms with Crippen molar-refractivity contribution in [3.8, 4) is 17.3 Å². The number of ether oxygens (including phenoxy) is 3. The summed E-state index contributed by atoms with van der Waals surface area (Å²) in [5, 5.41) is 4.02. The van der Waals surface area contributed by atoms with Crippen molar-refractivity contribution in [1.82, 2.24) is 9.72 Å². The molecular formula is C20H20N2O5. The molecule has 4 rings (SSSR count). The lowest BCUT2D eigenvalue weighted by Gasteiger charge is -2.26. The highest BCUT2D eigenvalue weighted by atomic mass is 16.6. The van der Waals surface area contributed by atoms with Gasteiger partial charge in [0.25, 0.3) is 0 Å². The lowest BCUT2D eigenvalue weighted by molar-refractivity contribution is 0.0109. The summed E-state index contributed by atoms with van der Waals surface area (Å²) in [4.78, 5) is 12.6. The Bertz CT molecular complexity index is 988. The van der Waals surface area contributed by atoms with E-state index in [0.717, 1.165) is 11.4 Å². The molecule has 140 valence electrons. The second-order valence-corrected chi connectivity index (χ2v) is 6.51. The maximum atomic E-state index is 12.6. The number of rotatable bonds is 4. The van der Waals surface area contributed by atoms with Gasteiger partial charge in [-0.2, -0.15) is 0 Å². The first-order chi connectivity index (χ1) is 13.0. The quantitative estimate of drug-likeness (QED) is 0.657. The molecule has 27 heavy (non-hydrogen) atoms. The van der Waals surface area contributed by atoms with E-state index in [9.17, 15) is 4.79 Å². The van der Waals surface area contributed by atoms with E-state index in [2.05, 4.69) is 5.16 Å². The first kappa shape index (κ1) is 17.2. The van der Waals surface area contributed by atoms with Gasteiger partial charge in [0.15, 0.2) is 23.4 Å². The number of nitrogens with zero attached hydrogens (tertiary/aromatic N) is 2. The summed E-state index contributed by atoms with van der Waals surface area (Å²) in [5.41, 5.74) is 2.11. The number of aromatic nitrogens is 2. The van der Waals surface area contributed by atoms with E-state index < -0.39 is 5.97 Å². The lowest BCUT2D eigenvalue weighted by Crippen LogP contribution is -2.34. The zero-order valence-corrected chi connectivity index (χ0v) is 15.4. The van der Waals surface area contributed by atoms with E-state index in [-0.39, 0.29) is 12.7 Å². The molecule has 0 N–H and O–H groups in total. The van der Waals surface area contributed by atoms with E-state index >= 15 is 0 Å². The van der Waals surface area contributed by atoms with Crippen LogP contribution in [0.4, 0.5) is 0 Å². The van der Waals surface area contributed by atoms with Gasteiger partial charge in [-0.3, -0.25) is 4.57 Å². The predicted molar refractivity (Wildman–Crippen MR) is 96.7 cm³/mol. The van der Waals surface area contributed by atoms with Crippen molar-refractivity contribution in [3.05, 3.63) is 59.1 Å². The summed E-state index contributed by atoms with van der Waals surface area (Å²) in [6.07, 6.45) is -0.342. The Labute approximate surface area is 156 Å². The second-order valence-electron chi connectivity index (χ2n) is 6.51. The fraction of sp³-hybridized carbons (Fsp3) is 0.300. The van der Waals surface area contributed by atoms with Crippen LogP contribution in [0.1, 0.15) is 27.5 Å². The van der Waals surface area contributed by atoms with Gasteiger partial charge in [0.1, 0.15) is 19.0 Å². The third-order valence-corrected chi connectivity index (χ3v) is 4.46. The molecule has 0 aliphatic carbocycles. The van der Waals surface area contributed by atoms with Gasteiger partial charge < -0.3 is 18.7 Å². The Hall–Kier alpha value is -3.22. The molecular weight excluding hydrogens is 348 g/mol. The predicted octanol–water partition coefficient (Wildman–Crippen LogP) is 3.39. The summed E-state index contributed by atoms with van der Waals surface area (Å²) < 4.78 is 23.9. The van der Waals surface area contributed by atoms with Crippen LogP contribution < -0.4 is 9.47 Å². The van der Waals surface area contributed by atoms with Crippen molar-refractivity contribution in [2.45, 2.75) is 26.9 Å². The molecule has 0 fully saturated rings. The van der Waals surface area contributed by atoms with Crippen molar-refractivity contribution < 1.29 is 23.5 Å². The van der Waals surface area contributed by atoms with Gasteiger partial charge in [-0.15, -0.1) is 0 Å². The van der Waals surface area contributed by atoms with Crippen molar-refractivity contribution in [3.63, 3.8) is 0 Å². The number of benzene rings is 1. The number of hydrogen-bond acceptors (Lipinski definition) is 6. The van der Waals surface area contributed by atoms with Crippen LogP contribution in [0.15, 0.2) is 40.9 Å². The van der Waals surface area contributed by atoms with Crippen LogP contribution in [-0.4, -0.2) is 35.0 Å². The summed E-state index contributed by atoms with van der Waals surface area (Å²) in [6, 6.07) is 11.0. The average molecular weight is 368 g/mol. The van der Waals surface area contributed by atoms with Crippen LogP contribution in [0.25, 0.3) is 5.82 Å². The molecule has 0 saturated heterocycles. The van der Waals surface area contributed by atoms with Gasteiger partial charge in [0.2, 0.25) is 0 Å². The fourth-order valence-corrected chi connectivity index (χ4v) is 3.17. The maximum absolute atomic E-state index is 12.6. The lowest BCUT2D eigenvalue weighted by atomic mass is 10.2. The molecule has 1 atom stereocenters. The molecule has 0 radical (unpaired) electrons. The Morgan fingerprint density at radius 3 is 2.74 bits per heavy atom. The molecule has 0 amide bonds. The van der Waals surface area contributed by atoms with Gasteiger partial charge in [0, 0.05) is 17.5 Å². The first-order valence-electron chi connectivity index (χ1n) is 8.71. The van der Waals surface area contributed by atoms with Crippen molar-refractivity contribution in [1.29, 1.82) is 0 Å². The number of para-hydroxylation sites is 2. The molecule has 3 heterocycles. The highest BCUT2D eigenvalue weighted by Gasteiger charge is 2.24. The third kappa shape index (κ3) is 3.28. The first-order valence-corrected chi connectivity index (χ1v) is 8.71. The van der Waals surface area contributed by atoms with Crippen molar-refractivity contribution in [2.75, 3.05) is 13.2 Å². The molecule has 2 aromatic heterocycles. The number of fused-ring (bicyclic) bond motifs is 1. The van der Waals surface area contributed by atoms with Crippen molar-refractivity contribution >= 4 is 5.97 Å². The minimum absolute atomic E-state index is 0.111. The average Bonchev–Trinajstić information content (AvgIpc) is 3.22. The SMILES string of the molecule is Cc1cc(-n2c(C)cc(C(=O)OC[C@@H]3COc4ccccc4O3)c2C)no1. The summed E-state index contributed by atoms with van der Waals surface area (Å²) in [6.45, 7) is 6.03. The minimum Gasteiger partial charge on any atom is -0.486 e. The highest BCUT2D eigenvalue weighted by Crippen LogP contribution is 2.31. The second kappa shape index (κ2) is 6.83. The topological polar surface area (TPSA) is 75.7 Å². The monoisotopic (exact) mass is 368 g/mol. The van der Waals surface area contributed by atoms with Crippen molar-refractivity contribution in [2.24, 2.45) is 0 Å². The minimum atomic E-state index is -0.406. The molecule has 0 saturated carbocycles. The van der Waals surface area contributed by atoms with Crippen LogP contribution >= 0.6 is 0 Å². The normalized spacial score (nSPS) is 15.6. The molecule has 1 aliphatic rings. The Morgan fingerprint density at radius 1 is 1.22 bits per heavy atom. The van der Waals surface area contributed by atoms with E-state index in [1.807, 2.05) is 55.7 Å². The van der Waals surface area contributed by atoms with Crippen LogP contribution in [-0.2, 0) is 4.74 Å². The molecule has 3 aromatic rings. The third-order valence-electron chi connectivity index (χ3n) is 4.46. The van der Waals surface area contributed by atoms with E-state index in [0.29, 0.717) is 35.2 Å². The van der Waals surface area contributed by atoms with Gasteiger partial charge in [0.05, 0.1) is 5.56 Å². The highest BCUT2D eigenvalue weighted by molar-refractivity contribution is 5.91. The zero-order chi connectivity index (χ0) is 19.0. The number of aryl methyl sites for hydroxylation is 2. The summed E-state index contributed by atoms with van der Waals surface area (Å²) >= 11 is 0. The summed E-state index contributed by atoms with van der Waals surface area (Å²) in [7, 11) is 0. The molecule has 7 nitrogen and oxygen atoms in total. The van der Waals surface area contributed by atoms with Gasteiger partial charge in [-0.1, -0.05) is 17.3 Å². The van der Waals surface area contributed by atoms with Gasteiger partial charge in [-0.05, 0) is 39.0 Å². The number of esters is 1. The Morgan fingerprint density at radius 2 is 2.00 bits per heavy atom. The molecule has 7 heteroatoms. The Kier molecular flexibility index (Phi) is 4.35. The maximum Gasteiger partial charge on any atom is 0.340 e. The van der Waals surface area contributed by atoms with Gasteiger partial charge in [-0.25, -0.2) is 4.79 Å². The van der Waals surface area contributed by atoms with Crippen LogP contribution in [0, 0.1) is 20.8 Å². The van der Waals surface area contributed by atoms with E-state index in [4.69, 9.17) is 18.7 Å². The van der Waals surface area contributed by atoms with Gasteiger partial charge >= 0.3 is 5.97 Å². The van der Waals surface area contributed by atoms with E-state index in [1.165, 1.54) is 0 Å². The van der Waals surface area contributed by atoms with Crippen LogP contribution in [0.2, 0.25) is 0 Å². The number of hydrogen-bond donors (Lipinski definition) is 0. The van der Waals surface area contributed by atoms with Crippen LogP contribution in [0.5, 0.6) is 11.5 Å². The fourth-order valence-electron chi connectivity index (χ4n) is 3.17. The molecule has 0 bridgehead atoms. The number of carbonyl (C=O) groups is 1. The zero-order valence-electron chi connectivity index (χ0n) is 15.4. The standard InChI is InChI=1S/C20H20N2O5/c1-12-8-16(14(3)22(12)19-9-13(2)27-21-19)20(23)25-11-15-10-24-17-6-4-5-7-18(17)26-15/h4-9,15H,10-11H2,1-3H3/t15-/m0/s1. The molecule has 1 aliphatic heterocycles. The molecule has 1 aromatic carbocycles. The number of carbonyl (C=O) groups excluding carboxylic acids is 1. The smallest absolute Gasteiger partial charge is 0.340 e. The van der Waals surface area contributed by atoms with E-state index in [1.54, 1.807) is 6.07 Å². The Balaban J connectivity index is 1.45. The van der Waals surface area contributed by atoms with Crippen LogP contribution in [0.3, 0.4) is 0 Å².